The lowest BCUT2D eigenvalue weighted by Gasteiger charge is -2.27. The fraction of sp³-hybridized carbons (Fsp3) is 0.375. The highest BCUT2D eigenvalue weighted by Crippen LogP contribution is 2.35. The Bertz CT molecular complexity index is 778. The molecule has 0 saturated carbocycles. The summed E-state index contributed by atoms with van der Waals surface area (Å²) in [4.78, 5) is 14.5. The Morgan fingerprint density at radius 1 is 1.33 bits per heavy atom. The van der Waals surface area contributed by atoms with E-state index in [0.29, 0.717) is 23.8 Å². The maximum atomic E-state index is 12.5. The number of fused-ring (bicyclic) bond motifs is 1. The number of hydrogen-bond donors (Lipinski definition) is 1. The molecule has 0 radical (unpaired) electrons. The van der Waals surface area contributed by atoms with E-state index >= 15 is 0 Å². The third-order valence-electron chi connectivity index (χ3n) is 3.98. The Hall–Kier alpha value is -2.90. The van der Waals surface area contributed by atoms with Gasteiger partial charge < -0.3 is 15.0 Å². The molecular weight excluding hydrogens is 308 g/mol. The summed E-state index contributed by atoms with van der Waals surface area (Å²) in [6.45, 7) is 3.91. The number of esters is 1. The molecule has 0 bridgehead atoms. The lowest BCUT2D eigenvalue weighted by Crippen LogP contribution is -2.28. The summed E-state index contributed by atoms with van der Waals surface area (Å²) in [5, 5.41) is 14.8. The normalized spacial score (nSPS) is 16.4. The number of aromatic nitrogens is 4. The molecule has 1 unspecified atom stereocenters. The van der Waals surface area contributed by atoms with Gasteiger partial charge in [0.2, 0.25) is 5.95 Å². The molecular formula is C16H20N6O2. The molecule has 0 fully saturated rings. The Kier molecular flexibility index (Phi) is 4.20. The van der Waals surface area contributed by atoms with Crippen LogP contribution in [0.4, 0.5) is 11.6 Å². The fourth-order valence-electron chi connectivity index (χ4n) is 2.72. The maximum absolute atomic E-state index is 12.5. The van der Waals surface area contributed by atoms with Crippen molar-refractivity contribution in [2.45, 2.75) is 19.9 Å². The average molecular weight is 328 g/mol. The van der Waals surface area contributed by atoms with E-state index in [1.165, 1.54) is 4.68 Å². The van der Waals surface area contributed by atoms with Crippen LogP contribution in [0.1, 0.15) is 25.5 Å². The largest absolute Gasteiger partial charge is 0.463 e. The van der Waals surface area contributed by atoms with Crippen molar-refractivity contribution >= 4 is 23.3 Å². The van der Waals surface area contributed by atoms with Crippen molar-refractivity contribution in [3.63, 3.8) is 0 Å². The Balaban J connectivity index is 2.05. The average Bonchev–Trinajstić information content (AvgIpc) is 3.04. The zero-order valence-electron chi connectivity index (χ0n) is 14.1. The smallest absolute Gasteiger partial charge is 0.338 e. The molecule has 8 heteroatoms. The Morgan fingerprint density at radius 2 is 2.04 bits per heavy atom. The van der Waals surface area contributed by atoms with Gasteiger partial charge in [-0.05, 0) is 42.0 Å². The number of allylic oxidation sites excluding steroid dienone is 1. The van der Waals surface area contributed by atoms with E-state index in [9.17, 15) is 4.79 Å². The topological polar surface area (TPSA) is 85.2 Å². The summed E-state index contributed by atoms with van der Waals surface area (Å²) in [6.07, 6.45) is 0. The minimum Gasteiger partial charge on any atom is -0.463 e. The van der Waals surface area contributed by atoms with Gasteiger partial charge in [0.1, 0.15) is 0 Å². The van der Waals surface area contributed by atoms with Crippen LogP contribution in [0.15, 0.2) is 29.8 Å². The highest BCUT2D eigenvalue weighted by molar-refractivity contribution is 5.97. The number of nitrogens with zero attached hydrogens (tertiary/aromatic N) is 5. The van der Waals surface area contributed by atoms with Crippen molar-refractivity contribution in [3.05, 3.63) is 35.4 Å². The van der Waals surface area contributed by atoms with Crippen molar-refractivity contribution < 1.29 is 9.53 Å². The molecule has 0 spiro atoms. The highest BCUT2D eigenvalue weighted by atomic mass is 16.5. The molecule has 0 aliphatic carbocycles. The van der Waals surface area contributed by atoms with Crippen molar-refractivity contribution in [2.75, 3.05) is 30.9 Å². The molecule has 1 aliphatic heterocycles. The molecule has 1 atom stereocenters. The van der Waals surface area contributed by atoms with Gasteiger partial charge in [-0.15, -0.1) is 0 Å². The number of nitrogens with one attached hydrogen (secondary N) is 1. The number of ether oxygens (including phenoxy) is 1. The lowest BCUT2D eigenvalue weighted by molar-refractivity contribution is -0.138. The number of anilines is 2. The van der Waals surface area contributed by atoms with Gasteiger partial charge in [-0.1, -0.05) is 17.2 Å². The number of carbonyl (C=O) groups is 1. The van der Waals surface area contributed by atoms with Gasteiger partial charge in [0, 0.05) is 19.8 Å². The number of benzene rings is 1. The number of rotatable bonds is 4. The number of hydrogen-bond acceptors (Lipinski definition) is 7. The lowest BCUT2D eigenvalue weighted by atomic mass is 9.95. The second-order valence-corrected chi connectivity index (χ2v) is 5.70. The van der Waals surface area contributed by atoms with E-state index < -0.39 is 0 Å². The predicted molar refractivity (Wildman–Crippen MR) is 90.5 cm³/mol. The molecule has 2 aromatic rings. The van der Waals surface area contributed by atoms with Crippen LogP contribution in [0.5, 0.6) is 0 Å². The van der Waals surface area contributed by atoms with E-state index in [4.69, 9.17) is 4.74 Å². The van der Waals surface area contributed by atoms with Crippen molar-refractivity contribution in [1.82, 2.24) is 20.2 Å². The van der Waals surface area contributed by atoms with Gasteiger partial charge in [-0.2, -0.15) is 4.68 Å². The van der Waals surface area contributed by atoms with Crippen LogP contribution in [0.3, 0.4) is 0 Å². The van der Waals surface area contributed by atoms with E-state index in [0.717, 1.165) is 11.3 Å². The zero-order valence-corrected chi connectivity index (χ0v) is 14.1. The van der Waals surface area contributed by atoms with Crippen LogP contribution in [0, 0.1) is 0 Å². The predicted octanol–water partition coefficient (Wildman–Crippen LogP) is 1.70. The monoisotopic (exact) mass is 328 g/mol. The fourth-order valence-corrected chi connectivity index (χ4v) is 2.72. The molecule has 1 aromatic carbocycles. The molecule has 0 saturated heterocycles. The standard InChI is InChI=1S/C16H20N6O2/c1-5-24-15(23)13-10(2)22-16(18-19-20-22)17-14(13)11-6-8-12(9-7-11)21(3)4/h6-9,14H,5H2,1-4H3,(H,17,18,20). The molecule has 1 N–H and O–H groups in total. The van der Waals surface area contributed by atoms with Gasteiger partial charge in [0.25, 0.3) is 0 Å². The summed E-state index contributed by atoms with van der Waals surface area (Å²) in [6, 6.07) is 7.62. The third-order valence-corrected chi connectivity index (χ3v) is 3.98. The van der Waals surface area contributed by atoms with Gasteiger partial charge in [0.15, 0.2) is 0 Å². The first kappa shape index (κ1) is 16.0. The van der Waals surface area contributed by atoms with Crippen molar-refractivity contribution in [3.8, 4) is 0 Å². The summed E-state index contributed by atoms with van der Waals surface area (Å²) in [7, 11) is 3.96. The highest BCUT2D eigenvalue weighted by Gasteiger charge is 2.33. The van der Waals surface area contributed by atoms with Crippen LogP contribution in [0.25, 0.3) is 5.70 Å². The van der Waals surface area contributed by atoms with Crippen LogP contribution in [-0.2, 0) is 9.53 Å². The summed E-state index contributed by atoms with van der Waals surface area (Å²) in [5.74, 6) is 0.132. The van der Waals surface area contributed by atoms with Crippen LogP contribution >= 0.6 is 0 Å². The van der Waals surface area contributed by atoms with E-state index in [1.807, 2.05) is 50.2 Å². The summed E-state index contributed by atoms with van der Waals surface area (Å²) >= 11 is 0. The van der Waals surface area contributed by atoms with Crippen LogP contribution < -0.4 is 10.2 Å². The molecule has 2 heterocycles. The van der Waals surface area contributed by atoms with Gasteiger partial charge >= 0.3 is 5.97 Å². The first-order valence-corrected chi connectivity index (χ1v) is 7.73. The van der Waals surface area contributed by atoms with Crippen LogP contribution in [0.2, 0.25) is 0 Å². The first-order valence-electron chi connectivity index (χ1n) is 7.73. The maximum Gasteiger partial charge on any atom is 0.338 e. The zero-order chi connectivity index (χ0) is 17.3. The molecule has 1 aliphatic rings. The van der Waals surface area contributed by atoms with Crippen molar-refractivity contribution in [1.29, 1.82) is 0 Å². The summed E-state index contributed by atoms with van der Waals surface area (Å²) < 4.78 is 6.74. The molecule has 3 rings (SSSR count). The van der Waals surface area contributed by atoms with Gasteiger partial charge in [-0.25, -0.2) is 4.79 Å². The molecule has 0 amide bonds. The first-order chi connectivity index (χ1) is 11.5. The van der Waals surface area contributed by atoms with E-state index in [-0.39, 0.29) is 12.0 Å². The minimum atomic E-state index is -0.370. The van der Waals surface area contributed by atoms with Crippen LogP contribution in [-0.4, -0.2) is 46.9 Å². The molecule has 126 valence electrons. The second-order valence-electron chi connectivity index (χ2n) is 5.70. The Morgan fingerprint density at radius 3 is 2.67 bits per heavy atom. The van der Waals surface area contributed by atoms with Gasteiger partial charge in [-0.3, -0.25) is 0 Å². The Labute approximate surface area is 140 Å². The molecule has 1 aromatic heterocycles. The number of carbonyl (C=O) groups excluding carboxylic acids is 1. The number of tetrazole rings is 1. The quantitative estimate of drug-likeness (QED) is 0.855. The second kappa shape index (κ2) is 6.31. The minimum absolute atomic E-state index is 0.310. The summed E-state index contributed by atoms with van der Waals surface area (Å²) in [5.41, 5.74) is 3.19. The van der Waals surface area contributed by atoms with Crippen molar-refractivity contribution in [2.24, 2.45) is 0 Å². The molecule has 8 nitrogen and oxygen atoms in total. The SMILES string of the molecule is CCOC(=O)C1=C(C)n2nnnc2NC1c1ccc(N(C)C)cc1. The third kappa shape index (κ3) is 2.70. The van der Waals surface area contributed by atoms with E-state index in [1.54, 1.807) is 6.92 Å². The van der Waals surface area contributed by atoms with Gasteiger partial charge in [0.05, 0.1) is 23.9 Å². The molecule has 24 heavy (non-hydrogen) atoms. The van der Waals surface area contributed by atoms with E-state index in [2.05, 4.69) is 20.8 Å².